The number of hydrogen-bond acceptors (Lipinski definition) is 3. The van der Waals surface area contributed by atoms with Crippen LogP contribution in [0.3, 0.4) is 0 Å². The topological polar surface area (TPSA) is 76.0 Å². The van der Waals surface area contributed by atoms with Gasteiger partial charge in [-0.2, -0.15) is 0 Å². The lowest BCUT2D eigenvalue weighted by atomic mass is 10.1. The van der Waals surface area contributed by atoms with E-state index < -0.39 is 0 Å². The van der Waals surface area contributed by atoms with E-state index in [1.807, 2.05) is 18.4 Å². The normalized spacial score (nSPS) is 14.4. The second kappa shape index (κ2) is 7.91. The SMILES string of the molecule is CCC(C)NC(=O)c1nc(C(=O)Nc2ccc(Cl)cc2)n2c1CCCC2. The molecule has 7 heteroatoms. The molecule has 0 saturated heterocycles. The molecule has 138 valence electrons. The Morgan fingerprint density at radius 1 is 1.23 bits per heavy atom. The van der Waals surface area contributed by atoms with Crippen LogP contribution in [0.5, 0.6) is 0 Å². The number of carbonyl (C=O) groups excluding carboxylic acids is 2. The number of imidazole rings is 1. The number of benzene rings is 1. The average molecular weight is 375 g/mol. The van der Waals surface area contributed by atoms with Gasteiger partial charge in [-0.05, 0) is 56.9 Å². The lowest BCUT2D eigenvalue weighted by Gasteiger charge is -2.17. The first-order valence-corrected chi connectivity index (χ1v) is 9.34. The number of hydrogen-bond donors (Lipinski definition) is 2. The highest BCUT2D eigenvalue weighted by molar-refractivity contribution is 6.30. The zero-order valence-corrected chi connectivity index (χ0v) is 15.8. The van der Waals surface area contributed by atoms with Gasteiger partial charge in [-0.3, -0.25) is 9.59 Å². The molecule has 1 aliphatic heterocycles. The van der Waals surface area contributed by atoms with Crippen LogP contribution in [0, 0.1) is 0 Å². The van der Waals surface area contributed by atoms with E-state index in [-0.39, 0.29) is 23.7 Å². The molecule has 2 aromatic rings. The molecule has 1 unspecified atom stereocenters. The van der Waals surface area contributed by atoms with Crippen LogP contribution in [0.2, 0.25) is 5.02 Å². The predicted molar refractivity (Wildman–Crippen MR) is 102 cm³/mol. The van der Waals surface area contributed by atoms with Gasteiger partial charge in [-0.25, -0.2) is 4.98 Å². The van der Waals surface area contributed by atoms with E-state index >= 15 is 0 Å². The molecular formula is C19H23ClN4O2. The van der Waals surface area contributed by atoms with Crippen molar-refractivity contribution in [2.24, 2.45) is 0 Å². The average Bonchev–Trinajstić information content (AvgIpc) is 3.03. The Bertz CT molecular complexity index is 814. The Morgan fingerprint density at radius 3 is 2.65 bits per heavy atom. The van der Waals surface area contributed by atoms with Gasteiger partial charge in [0.1, 0.15) is 5.69 Å². The summed E-state index contributed by atoms with van der Waals surface area (Å²) in [6, 6.07) is 6.95. The van der Waals surface area contributed by atoms with E-state index in [1.54, 1.807) is 24.3 Å². The molecule has 0 fully saturated rings. The molecule has 2 N–H and O–H groups in total. The summed E-state index contributed by atoms with van der Waals surface area (Å²) in [5, 5.41) is 6.37. The van der Waals surface area contributed by atoms with Crippen molar-refractivity contribution in [2.45, 2.75) is 52.1 Å². The molecule has 6 nitrogen and oxygen atoms in total. The van der Waals surface area contributed by atoms with Crippen LogP contribution < -0.4 is 10.6 Å². The number of nitrogens with zero attached hydrogens (tertiary/aromatic N) is 2. The molecule has 2 heterocycles. The molecule has 1 aromatic carbocycles. The highest BCUT2D eigenvalue weighted by Gasteiger charge is 2.27. The summed E-state index contributed by atoms with van der Waals surface area (Å²) >= 11 is 5.88. The summed E-state index contributed by atoms with van der Waals surface area (Å²) in [5.41, 5.74) is 1.85. The van der Waals surface area contributed by atoms with Crippen molar-refractivity contribution in [3.63, 3.8) is 0 Å². The van der Waals surface area contributed by atoms with Gasteiger partial charge in [0, 0.05) is 23.3 Å². The maximum absolute atomic E-state index is 12.7. The molecular weight excluding hydrogens is 352 g/mol. The number of carbonyl (C=O) groups is 2. The summed E-state index contributed by atoms with van der Waals surface area (Å²) in [6.07, 6.45) is 3.56. The van der Waals surface area contributed by atoms with Crippen LogP contribution in [0.4, 0.5) is 5.69 Å². The number of nitrogens with one attached hydrogen (secondary N) is 2. The lowest BCUT2D eigenvalue weighted by molar-refractivity contribution is 0.0933. The van der Waals surface area contributed by atoms with Gasteiger partial charge in [-0.1, -0.05) is 18.5 Å². The predicted octanol–water partition coefficient (Wildman–Crippen LogP) is 3.65. The smallest absolute Gasteiger partial charge is 0.291 e. The van der Waals surface area contributed by atoms with Gasteiger partial charge < -0.3 is 15.2 Å². The van der Waals surface area contributed by atoms with Crippen LogP contribution in [0.15, 0.2) is 24.3 Å². The first-order valence-electron chi connectivity index (χ1n) is 8.96. The Balaban J connectivity index is 1.88. The van der Waals surface area contributed by atoms with E-state index in [0.29, 0.717) is 22.9 Å². The third-order valence-corrected chi connectivity index (χ3v) is 4.88. The number of halogens is 1. The van der Waals surface area contributed by atoms with Crippen LogP contribution in [0.25, 0.3) is 0 Å². The van der Waals surface area contributed by atoms with Gasteiger partial charge in [0.2, 0.25) is 0 Å². The number of aromatic nitrogens is 2. The maximum Gasteiger partial charge on any atom is 0.291 e. The highest BCUT2D eigenvalue weighted by atomic mass is 35.5. The second-order valence-electron chi connectivity index (χ2n) is 6.58. The van der Waals surface area contributed by atoms with Gasteiger partial charge in [0.05, 0.1) is 5.69 Å². The fourth-order valence-corrected chi connectivity index (χ4v) is 3.14. The summed E-state index contributed by atoms with van der Waals surface area (Å²) < 4.78 is 1.88. The third-order valence-electron chi connectivity index (χ3n) is 4.63. The first-order chi connectivity index (χ1) is 12.5. The quantitative estimate of drug-likeness (QED) is 0.838. The van der Waals surface area contributed by atoms with Crippen molar-refractivity contribution >= 4 is 29.1 Å². The van der Waals surface area contributed by atoms with E-state index in [9.17, 15) is 9.59 Å². The lowest BCUT2D eigenvalue weighted by Crippen LogP contribution is -2.33. The molecule has 1 aromatic heterocycles. The van der Waals surface area contributed by atoms with Crippen molar-refractivity contribution < 1.29 is 9.59 Å². The van der Waals surface area contributed by atoms with E-state index in [2.05, 4.69) is 15.6 Å². The monoisotopic (exact) mass is 374 g/mol. The largest absolute Gasteiger partial charge is 0.348 e. The second-order valence-corrected chi connectivity index (χ2v) is 7.02. The first kappa shape index (κ1) is 18.5. The molecule has 3 rings (SSSR count). The Kier molecular flexibility index (Phi) is 5.61. The minimum atomic E-state index is -0.321. The molecule has 2 amide bonds. The Labute approximate surface area is 157 Å². The molecule has 0 spiro atoms. The Hall–Kier alpha value is -2.34. The van der Waals surface area contributed by atoms with Crippen molar-refractivity contribution in [2.75, 3.05) is 5.32 Å². The minimum Gasteiger partial charge on any atom is -0.348 e. The summed E-state index contributed by atoms with van der Waals surface area (Å²) in [4.78, 5) is 29.7. The number of fused-ring (bicyclic) bond motifs is 1. The summed E-state index contributed by atoms with van der Waals surface area (Å²) in [7, 11) is 0. The van der Waals surface area contributed by atoms with Gasteiger partial charge in [0.15, 0.2) is 5.82 Å². The summed E-state index contributed by atoms with van der Waals surface area (Å²) in [6.45, 7) is 4.66. The summed E-state index contributed by atoms with van der Waals surface area (Å²) in [5.74, 6) is -0.252. The zero-order valence-electron chi connectivity index (χ0n) is 15.0. The molecule has 26 heavy (non-hydrogen) atoms. The molecule has 0 radical (unpaired) electrons. The fourth-order valence-electron chi connectivity index (χ4n) is 3.01. The van der Waals surface area contributed by atoms with Crippen molar-refractivity contribution in [1.82, 2.24) is 14.9 Å². The van der Waals surface area contributed by atoms with Crippen LogP contribution in [-0.2, 0) is 13.0 Å². The van der Waals surface area contributed by atoms with Crippen LogP contribution >= 0.6 is 11.6 Å². The van der Waals surface area contributed by atoms with Crippen molar-refractivity contribution in [3.05, 3.63) is 46.5 Å². The van der Waals surface area contributed by atoms with Crippen LogP contribution in [-0.4, -0.2) is 27.4 Å². The van der Waals surface area contributed by atoms with E-state index in [4.69, 9.17) is 11.6 Å². The maximum atomic E-state index is 12.7. The van der Waals surface area contributed by atoms with Gasteiger partial charge in [0.25, 0.3) is 11.8 Å². The van der Waals surface area contributed by atoms with Crippen molar-refractivity contribution in [3.8, 4) is 0 Å². The number of anilines is 1. The van der Waals surface area contributed by atoms with Crippen molar-refractivity contribution in [1.29, 1.82) is 0 Å². The third kappa shape index (κ3) is 3.90. The van der Waals surface area contributed by atoms with E-state index in [0.717, 1.165) is 31.4 Å². The zero-order chi connectivity index (χ0) is 18.7. The van der Waals surface area contributed by atoms with Gasteiger partial charge in [-0.15, -0.1) is 0 Å². The molecule has 0 aliphatic carbocycles. The number of rotatable bonds is 5. The standard InChI is InChI=1S/C19H23ClN4O2/c1-3-12(2)21-18(25)16-15-6-4-5-11-24(15)17(23-16)19(26)22-14-9-7-13(20)8-10-14/h7-10,12H,3-6,11H2,1-2H3,(H,21,25)(H,22,26). The highest BCUT2D eigenvalue weighted by Crippen LogP contribution is 2.22. The Morgan fingerprint density at radius 2 is 1.96 bits per heavy atom. The van der Waals surface area contributed by atoms with Gasteiger partial charge >= 0.3 is 0 Å². The molecule has 1 aliphatic rings. The fraction of sp³-hybridized carbons (Fsp3) is 0.421. The molecule has 0 saturated carbocycles. The minimum absolute atomic E-state index is 0.0646. The van der Waals surface area contributed by atoms with Crippen LogP contribution in [0.1, 0.15) is 59.9 Å². The number of amides is 2. The van der Waals surface area contributed by atoms with E-state index in [1.165, 1.54) is 0 Å². The molecule has 0 bridgehead atoms. The molecule has 1 atom stereocenters.